The molecule has 0 spiro atoms. The van der Waals surface area contributed by atoms with Crippen molar-refractivity contribution in [2.75, 3.05) is 5.75 Å². The first kappa shape index (κ1) is 14.4. The minimum atomic E-state index is -4.03. The second-order valence-corrected chi connectivity index (χ2v) is 4.06. The monoisotopic (exact) mass is 240 g/mol. The van der Waals surface area contributed by atoms with E-state index in [1.54, 1.807) is 18.2 Å². The maximum absolute atomic E-state index is 11.0. The van der Waals surface area contributed by atoms with Crippen molar-refractivity contribution in [3.05, 3.63) is 30.3 Å². The van der Waals surface area contributed by atoms with E-state index in [-0.39, 0.29) is 36.7 Å². The van der Waals surface area contributed by atoms with Crippen LogP contribution >= 0.6 is 0 Å². The molecule has 0 aromatic heterocycles. The van der Waals surface area contributed by atoms with Crippen molar-refractivity contribution in [3.63, 3.8) is 0 Å². The standard InChI is InChI=1S/C8H8O5S.Na.H/c9-8(10)6-14(11,12)13-7-4-2-1-3-5-7;;/h1-5H,6H2,(H,9,10);;/q;+1;-1. The fraction of sp³-hybridized carbons (Fsp3) is 0.125. The van der Waals surface area contributed by atoms with Gasteiger partial charge in [0.1, 0.15) is 5.75 Å². The van der Waals surface area contributed by atoms with Crippen LogP contribution in [0.3, 0.4) is 0 Å². The molecule has 0 saturated carbocycles. The van der Waals surface area contributed by atoms with Crippen LogP contribution in [0.1, 0.15) is 1.43 Å². The molecule has 0 aliphatic heterocycles. The second-order valence-electron chi connectivity index (χ2n) is 2.49. The first-order valence-corrected chi connectivity index (χ1v) is 5.26. The number of carboxylic acid groups (broad SMARTS) is 1. The van der Waals surface area contributed by atoms with Gasteiger partial charge in [-0.2, -0.15) is 8.42 Å². The maximum Gasteiger partial charge on any atom is 1.00 e. The number of carbonyl (C=O) groups is 1. The summed E-state index contributed by atoms with van der Waals surface area (Å²) >= 11 is 0. The Morgan fingerprint density at radius 3 is 2.33 bits per heavy atom. The molecule has 1 N–H and O–H groups in total. The molecule has 0 unspecified atom stereocenters. The van der Waals surface area contributed by atoms with Gasteiger partial charge in [-0.25, -0.2) is 0 Å². The fourth-order valence-corrected chi connectivity index (χ4v) is 1.57. The number of para-hydroxylation sites is 1. The van der Waals surface area contributed by atoms with Crippen molar-refractivity contribution in [2.45, 2.75) is 0 Å². The van der Waals surface area contributed by atoms with Gasteiger partial charge < -0.3 is 10.7 Å². The van der Waals surface area contributed by atoms with Crippen LogP contribution in [0.5, 0.6) is 5.75 Å². The zero-order valence-corrected chi connectivity index (χ0v) is 10.9. The molecule has 15 heavy (non-hydrogen) atoms. The third kappa shape index (κ3) is 5.78. The molecule has 5 nitrogen and oxygen atoms in total. The first-order chi connectivity index (χ1) is 6.49. The van der Waals surface area contributed by atoms with Crippen LogP contribution in [0.2, 0.25) is 0 Å². The Bertz CT molecular complexity index is 419. The molecule has 1 aromatic carbocycles. The molecule has 0 radical (unpaired) electrons. The SMILES string of the molecule is O=C(O)CS(=O)(=O)Oc1ccccc1.[H-].[Na+]. The van der Waals surface area contributed by atoms with Crippen LogP contribution in [0.25, 0.3) is 0 Å². The topological polar surface area (TPSA) is 80.7 Å². The van der Waals surface area contributed by atoms with E-state index < -0.39 is 21.8 Å². The van der Waals surface area contributed by atoms with Crippen molar-refractivity contribution in [1.29, 1.82) is 0 Å². The smallest absolute Gasteiger partial charge is 1.00 e. The summed E-state index contributed by atoms with van der Waals surface area (Å²) in [6.07, 6.45) is 0. The van der Waals surface area contributed by atoms with Crippen LogP contribution in [0.15, 0.2) is 30.3 Å². The van der Waals surface area contributed by atoms with Gasteiger partial charge in [0.15, 0.2) is 5.75 Å². The largest absolute Gasteiger partial charge is 1.00 e. The van der Waals surface area contributed by atoms with Crippen LogP contribution in [-0.2, 0) is 14.9 Å². The Labute approximate surface area is 111 Å². The number of benzene rings is 1. The van der Waals surface area contributed by atoms with Crippen molar-refractivity contribution in [3.8, 4) is 5.75 Å². The number of aliphatic carboxylic acids is 1. The summed E-state index contributed by atoms with van der Waals surface area (Å²) in [6, 6.07) is 7.73. The van der Waals surface area contributed by atoms with Crippen LogP contribution < -0.4 is 33.7 Å². The summed E-state index contributed by atoms with van der Waals surface area (Å²) in [4.78, 5) is 10.1. The summed E-state index contributed by atoms with van der Waals surface area (Å²) in [5.41, 5.74) is 0. The fourth-order valence-electron chi connectivity index (χ4n) is 0.803. The predicted octanol–water partition coefficient (Wildman–Crippen LogP) is -2.40. The molecule has 1 rings (SSSR count). The Morgan fingerprint density at radius 1 is 1.33 bits per heavy atom. The molecule has 0 atom stereocenters. The van der Waals surface area contributed by atoms with Gasteiger partial charge in [0.2, 0.25) is 0 Å². The average molecular weight is 240 g/mol. The molecular formula is C8H9NaO5S. The van der Waals surface area contributed by atoms with Crippen LogP contribution in [0, 0.1) is 0 Å². The molecule has 0 aliphatic rings. The molecule has 0 saturated heterocycles. The predicted molar refractivity (Wildman–Crippen MR) is 49.6 cm³/mol. The third-order valence-corrected chi connectivity index (χ3v) is 2.31. The Morgan fingerprint density at radius 2 is 1.87 bits per heavy atom. The normalized spacial score (nSPS) is 10.1. The summed E-state index contributed by atoms with van der Waals surface area (Å²) in [5, 5.41) is 8.27. The molecule has 0 fully saturated rings. The molecule has 1 aromatic rings. The minimum absolute atomic E-state index is 0. The maximum atomic E-state index is 11.0. The van der Waals surface area contributed by atoms with Crippen molar-refractivity contribution >= 4 is 16.1 Å². The van der Waals surface area contributed by atoms with Gasteiger partial charge in [-0.3, -0.25) is 4.79 Å². The molecule has 0 aliphatic carbocycles. The molecule has 7 heteroatoms. The van der Waals surface area contributed by atoms with Gasteiger partial charge in [-0.1, -0.05) is 18.2 Å². The van der Waals surface area contributed by atoms with Gasteiger partial charge in [-0.05, 0) is 12.1 Å². The third-order valence-electron chi connectivity index (χ3n) is 1.27. The average Bonchev–Trinajstić information content (AvgIpc) is 2.02. The molecular weight excluding hydrogens is 231 g/mol. The number of hydrogen-bond acceptors (Lipinski definition) is 4. The van der Waals surface area contributed by atoms with E-state index in [0.717, 1.165) is 0 Å². The second kappa shape index (κ2) is 6.12. The van der Waals surface area contributed by atoms with Crippen molar-refractivity contribution < 1.29 is 53.5 Å². The van der Waals surface area contributed by atoms with E-state index in [4.69, 9.17) is 5.11 Å². The van der Waals surface area contributed by atoms with E-state index in [9.17, 15) is 13.2 Å². The van der Waals surface area contributed by atoms with Gasteiger partial charge >= 0.3 is 45.6 Å². The van der Waals surface area contributed by atoms with Gasteiger partial charge in [0, 0.05) is 0 Å². The van der Waals surface area contributed by atoms with Gasteiger partial charge in [0.05, 0.1) is 0 Å². The minimum Gasteiger partial charge on any atom is -1.00 e. The van der Waals surface area contributed by atoms with Crippen LogP contribution in [-0.4, -0.2) is 25.2 Å². The Kier molecular flexibility index (Phi) is 5.89. The molecule has 0 amide bonds. The van der Waals surface area contributed by atoms with Crippen LogP contribution in [0.4, 0.5) is 0 Å². The zero-order valence-electron chi connectivity index (χ0n) is 9.08. The molecule has 0 bridgehead atoms. The summed E-state index contributed by atoms with van der Waals surface area (Å²) < 4.78 is 26.5. The van der Waals surface area contributed by atoms with E-state index in [1.165, 1.54) is 12.1 Å². The molecule has 0 heterocycles. The van der Waals surface area contributed by atoms with Gasteiger partial charge in [-0.15, -0.1) is 0 Å². The van der Waals surface area contributed by atoms with Gasteiger partial charge in [0.25, 0.3) is 0 Å². The summed E-state index contributed by atoms with van der Waals surface area (Å²) in [6.45, 7) is 0. The quantitative estimate of drug-likeness (QED) is 0.468. The van der Waals surface area contributed by atoms with E-state index in [2.05, 4.69) is 4.18 Å². The summed E-state index contributed by atoms with van der Waals surface area (Å²) in [5.74, 6) is -2.38. The number of carboxylic acids is 1. The Hall–Kier alpha value is -0.560. The Balaban J connectivity index is 0. The summed E-state index contributed by atoms with van der Waals surface area (Å²) in [7, 11) is -4.03. The molecule has 78 valence electrons. The van der Waals surface area contributed by atoms with E-state index in [1.807, 2.05) is 0 Å². The van der Waals surface area contributed by atoms with Crippen molar-refractivity contribution in [1.82, 2.24) is 0 Å². The number of hydrogen-bond donors (Lipinski definition) is 1. The van der Waals surface area contributed by atoms with E-state index >= 15 is 0 Å². The zero-order chi connectivity index (χ0) is 10.6. The van der Waals surface area contributed by atoms with Crippen molar-refractivity contribution in [2.24, 2.45) is 0 Å². The van der Waals surface area contributed by atoms with E-state index in [0.29, 0.717) is 0 Å². The number of rotatable bonds is 4. The first-order valence-electron chi connectivity index (χ1n) is 3.68.